The van der Waals surface area contributed by atoms with Crippen LogP contribution in [0.15, 0.2) is 71.6 Å². The van der Waals surface area contributed by atoms with Crippen LogP contribution in [0.1, 0.15) is 50.6 Å². The quantitative estimate of drug-likeness (QED) is 0.475. The van der Waals surface area contributed by atoms with E-state index in [0.29, 0.717) is 35.8 Å². The lowest BCUT2D eigenvalue weighted by atomic mass is 9.89. The third-order valence-corrected chi connectivity index (χ3v) is 8.08. The SMILES string of the molecule is Cc1ccc(C(=O)N2CCC(c3ccc(N)cc3)CC2)cc1NS(=O)(=O)c1cccc(C(=O)N(C)C)c1. The molecule has 0 bridgehead atoms. The van der Waals surface area contributed by atoms with Crippen LogP contribution in [-0.2, 0) is 10.0 Å². The molecule has 3 N–H and O–H groups in total. The van der Waals surface area contributed by atoms with Crippen LogP contribution in [0.4, 0.5) is 11.4 Å². The van der Waals surface area contributed by atoms with E-state index in [2.05, 4.69) is 4.72 Å². The van der Waals surface area contributed by atoms with Gasteiger partial charge in [-0.2, -0.15) is 0 Å². The Labute approximate surface area is 218 Å². The molecule has 37 heavy (non-hydrogen) atoms. The number of piperidine rings is 1. The van der Waals surface area contributed by atoms with Crippen molar-refractivity contribution in [2.75, 3.05) is 37.6 Å². The molecule has 1 heterocycles. The van der Waals surface area contributed by atoms with E-state index < -0.39 is 10.0 Å². The molecule has 0 unspecified atom stereocenters. The fourth-order valence-electron chi connectivity index (χ4n) is 4.49. The monoisotopic (exact) mass is 520 g/mol. The molecule has 194 valence electrons. The fourth-order valence-corrected chi connectivity index (χ4v) is 5.66. The number of hydrogen-bond acceptors (Lipinski definition) is 5. The van der Waals surface area contributed by atoms with Crippen LogP contribution in [0.2, 0.25) is 0 Å². The number of anilines is 2. The number of sulfonamides is 1. The van der Waals surface area contributed by atoms with Crippen LogP contribution in [0.5, 0.6) is 0 Å². The first-order chi connectivity index (χ1) is 17.5. The van der Waals surface area contributed by atoms with Crippen LogP contribution >= 0.6 is 0 Å². The number of nitrogens with one attached hydrogen (secondary N) is 1. The van der Waals surface area contributed by atoms with Gasteiger partial charge in [0.2, 0.25) is 0 Å². The van der Waals surface area contributed by atoms with Crippen LogP contribution in [0, 0.1) is 6.92 Å². The van der Waals surface area contributed by atoms with Crippen molar-refractivity contribution in [1.82, 2.24) is 9.80 Å². The molecule has 8 nitrogen and oxygen atoms in total. The lowest BCUT2D eigenvalue weighted by Crippen LogP contribution is -2.38. The molecule has 4 rings (SSSR count). The zero-order valence-electron chi connectivity index (χ0n) is 21.3. The molecule has 3 aromatic carbocycles. The van der Waals surface area contributed by atoms with Gasteiger partial charge in [-0.3, -0.25) is 14.3 Å². The maximum atomic E-state index is 13.3. The van der Waals surface area contributed by atoms with Gasteiger partial charge in [-0.1, -0.05) is 24.3 Å². The summed E-state index contributed by atoms with van der Waals surface area (Å²) in [5, 5.41) is 0. The predicted molar refractivity (Wildman–Crippen MR) is 145 cm³/mol. The standard InChI is InChI=1S/C28H32N4O4S/c1-19-7-8-23(28(34)32-15-13-21(14-16-32)20-9-11-24(29)12-10-20)18-26(19)30-37(35,36)25-6-4-5-22(17-25)27(33)31(2)3/h4-12,17-18,21,30H,13-16,29H2,1-3H3. The Kier molecular flexibility index (Phi) is 7.54. The normalized spacial score (nSPS) is 14.3. The fraction of sp³-hybridized carbons (Fsp3) is 0.286. The number of hydrogen-bond donors (Lipinski definition) is 2. The maximum absolute atomic E-state index is 13.3. The van der Waals surface area contributed by atoms with E-state index in [1.807, 2.05) is 29.2 Å². The average molecular weight is 521 g/mol. The summed E-state index contributed by atoms with van der Waals surface area (Å²) in [5.41, 5.74) is 9.46. The predicted octanol–water partition coefficient (Wildman–Crippen LogP) is 4.10. The summed E-state index contributed by atoms with van der Waals surface area (Å²) < 4.78 is 28.9. The van der Waals surface area contributed by atoms with E-state index >= 15 is 0 Å². The van der Waals surface area contributed by atoms with E-state index in [9.17, 15) is 18.0 Å². The van der Waals surface area contributed by atoms with Crippen molar-refractivity contribution in [3.8, 4) is 0 Å². The third-order valence-electron chi connectivity index (χ3n) is 6.72. The number of likely N-dealkylation sites (tertiary alicyclic amines) is 1. The summed E-state index contributed by atoms with van der Waals surface area (Å²) in [6, 6.07) is 18.8. The van der Waals surface area contributed by atoms with Gasteiger partial charge in [0.15, 0.2) is 0 Å². The minimum Gasteiger partial charge on any atom is -0.399 e. The molecular weight excluding hydrogens is 488 g/mol. The topological polar surface area (TPSA) is 113 Å². The molecule has 0 saturated carbocycles. The number of rotatable bonds is 6. The number of nitrogens with zero attached hydrogens (tertiary/aromatic N) is 2. The molecule has 0 radical (unpaired) electrons. The van der Waals surface area contributed by atoms with E-state index in [4.69, 9.17) is 5.73 Å². The summed E-state index contributed by atoms with van der Waals surface area (Å²) in [5.74, 6) is -0.0454. The number of aryl methyl sites for hydroxylation is 1. The Bertz CT molecular complexity index is 1410. The lowest BCUT2D eigenvalue weighted by Gasteiger charge is -2.32. The summed E-state index contributed by atoms with van der Waals surface area (Å²) >= 11 is 0. The summed E-state index contributed by atoms with van der Waals surface area (Å²) in [6.45, 7) is 3.02. The van der Waals surface area contributed by atoms with Crippen molar-refractivity contribution in [3.63, 3.8) is 0 Å². The molecule has 0 spiro atoms. The molecule has 1 saturated heterocycles. The highest BCUT2D eigenvalue weighted by molar-refractivity contribution is 7.92. The first-order valence-corrected chi connectivity index (χ1v) is 13.6. The number of nitrogens with two attached hydrogens (primary N) is 1. The molecule has 1 fully saturated rings. The smallest absolute Gasteiger partial charge is 0.261 e. The summed E-state index contributed by atoms with van der Waals surface area (Å²) in [6.07, 6.45) is 1.70. The highest BCUT2D eigenvalue weighted by Crippen LogP contribution is 2.30. The van der Waals surface area contributed by atoms with Gasteiger partial charge in [-0.15, -0.1) is 0 Å². The molecule has 2 amide bonds. The van der Waals surface area contributed by atoms with Gasteiger partial charge >= 0.3 is 0 Å². The second-order valence-electron chi connectivity index (χ2n) is 9.60. The zero-order chi connectivity index (χ0) is 26.7. The Morgan fingerprint density at radius 3 is 2.27 bits per heavy atom. The highest BCUT2D eigenvalue weighted by atomic mass is 32.2. The Hall–Kier alpha value is -3.85. The minimum atomic E-state index is -3.98. The number of carbonyl (C=O) groups is 2. The second kappa shape index (κ2) is 10.6. The van der Waals surface area contributed by atoms with Gasteiger partial charge in [0.25, 0.3) is 21.8 Å². The number of benzene rings is 3. The summed E-state index contributed by atoms with van der Waals surface area (Å²) in [4.78, 5) is 28.7. The van der Waals surface area contributed by atoms with Gasteiger partial charge in [-0.05, 0) is 79.3 Å². The van der Waals surface area contributed by atoms with Gasteiger partial charge in [0, 0.05) is 44.0 Å². The van der Waals surface area contributed by atoms with Gasteiger partial charge in [0.05, 0.1) is 10.6 Å². The Morgan fingerprint density at radius 1 is 0.946 bits per heavy atom. The highest BCUT2D eigenvalue weighted by Gasteiger charge is 2.25. The molecule has 0 aliphatic carbocycles. The lowest BCUT2D eigenvalue weighted by molar-refractivity contribution is 0.0712. The van der Waals surface area contributed by atoms with Crippen LogP contribution in [0.25, 0.3) is 0 Å². The third kappa shape index (κ3) is 5.94. The number of carbonyl (C=O) groups excluding carboxylic acids is 2. The van der Waals surface area contributed by atoms with Gasteiger partial charge < -0.3 is 15.5 Å². The second-order valence-corrected chi connectivity index (χ2v) is 11.3. The van der Waals surface area contributed by atoms with E-state index in [1.54, 1.807) is 45.3 Å². The van der Waals surface area contributed by atoms with Gasteiger partial charge in [0.1, 0.15) is 0 Å². The first-order valence-electron chi connectivity index (χ1n) is 12.1. The first kappa shape index (κ1) is 26.2. The van der Waals surface area contributed by atoms with Crippen LogP contribution in [0.3, 0.4) is 0 Å². The van der Waals surface area contributed by atoms with E-state index in [0.717, 1.165) is 18.5 Å². The van der Waals surface area contributed by atoms with Crippen molar-refractivity contribution in [2.24, 2.45) is 0 Å². The van der Waals surface area contributed by atoms with Crippen LogP contribution < -0.4 is 10.5 Å². The van der Waals surface area contributed by atoms with Crippen molar-refractivity contribution >= 4 is 33.2 Å². The van der Waals surface area contributed by atoms with E-state index in [1.165, 1.54) is 28.7 Å². The molecule has 9 heteroatoms. The van der Waals surface area contributed by atoms with Crippen molar-refractivity contribution in [3.05, 3.63) is 89.0 Å². The molecular formula is C28H32N4O4S. The van der Waals surface area contributed by atoms with Crippen molar-refractivity contribution in [2.45, 2.75) is 30.6 Å². The van der Waals surface area contributed by atoms with E-state index in [-0.39, 0.29) is 22.3 Å². The zero-order valence-corrected chi connectivity index (χ0v) is 22.1. The molecule has 1 aliphatic rings. The molecule has 0 aromatic heterocycles. The molecule has 1 aliphatic heterocycles. The maximum Gasteiger partial charge on any atom is 0.261 e. The minimum absolute atomic E-state index is 0.0268. The summed E-state index contributed by atoms with van der Waals surface area (Å²) in [7, 11) is -0.770. The molecule has 0 atom stereocenters. The van der Waals surface area contributed by atoms with Crippen molar-refractivity contribution < 1.29 is 18.0 Å². The number of nitrogen functional groups attached to an aromatic ring is 1. The van der Waals surface area contributed by atoms with Gasteiger partial charge in [-0.25, -0.2) is 8.42 Å². The largest absolute Gasteiger partial charge is 0.399 e. The Morgan fingerprint density at radius 2 is 1.62 bits per heavy atom. The average Bonchev–Trinajstić information content (AvgIpc) is 2.89. The van der Waals surface area contributed by atoms with Crippen molar-refractivity contribution in [1.29, 1.82) is 0 Å². The van der Waals surface area contributed by atoms with Crippen LogP contribution in [-0.4, -0.2) is 57.2 Å². The molecule has 3 aromatic rings. The Balaban J connectivity index is 1.48. The number of amides is 2.